The SMILES string of the molecule is CC(C)CCN(C(=O)C1CCCc2nnn(C)c21)C1CC1. The van der Waals surface area contributed by atoms with Crippen molar-refractivity contribution in [1.29, 1.82) is 0 Å². The molecule has 1 fully saturated rings. The van der Waals surface area contributed by atoms with E-state index >= 15 is 0 Å². The van der Waals surface area contributed by atoms with Gasteiger partial charge in [-0.3, -0.25) is 9.48 Å². The minimum absolute atomic E-state index is 0.0264. The number of hydrogen-bond donors (Lipinski definition) is 0. The monoisotopic (exact) mass is 290 g/mol. The van der Waals surface area contributed by atoms with Crippen molar-refractivity contribution in [3.63, 3.8) is 0 Å². The molecule has 0 radical (unpaired) electrons. The first kappa shape index (κ1) is 14.5. The molecule has 5 nitrogen and oxygen atoms in total. The number of carbonyl (C=O) groups excluding carboxylic acids is 1. The summed E-state index contributed by atoms with van der Waals surface area (Å²) < 4.78 is 1.81. The van der Waals surface area contributed by atoms with Gasteiger partial charge in [-0.05, 0) is 44.4 Å². The molecular formula is C16H26N4O. The number of hydrogen-bond acceptors (Lipinski definition) is 3. The van der Waals surface area contributed by atoms with Gasteiger partial charge in [0.1, 0.15) is 0 Å². The Kier molecular flexibility index (Phi) is 4.00. The molecule has 2 aliphatic rings. The molecule has 1 aromatic rings. The lowest BCUT2D eigenvalue weighted by Crippen LogP contribution is -2.39. The third-order valence-electron chi connectivity index (χ3n) is 4.70. The van der Waals surface area contributed by atoms with Gasteiger partial charge in [-0.25, -0.2) is 0 Å². The fourth-order valence-corrected chi connectivity index (χ4v) is 3.32. The Hall–Kier alpha value is -1.39. The highest BCUT2D eigenvalue weighted by atomic mass is 16.2. The van der Waals surface area contributed by atoms with E-state index < -0.39 is 0 Å². The van der Waals surface area contributed by atoms with Crippen LogP contribution in [0.15, 0.2) is 0 Å². The van der Waals surface area contributed by atoms with Crippen LogP contribution in [0, 0.1) is 5.92 Å². The van der Waals surface area contributed by atoms with E-state index in [9.17, 15) is 4.79 Å². The van der Waals surface area contributed by atoms with Crippen molar-refractivity contribution in [3.8, 4) is 0 Å². The summed E-state index contributed by atoms with van der Waals surface area (Å²) >= 11 is 0. The highest BCUT2D eigenvalue weighted by Crippen LogP contribution is 2.35. The second kappa shape index (κ2) is 5.78. The molecule has 0 N–H and O–H groups in total. The van der Waals surface area contributed by atoms with E-state index in [1.807, 2.05) is 11.7 Å². The first-order chi connectivity index (χ1) is 10.1. The Morgan fingerprint density at radius 1 is 1.38 bits per heavy atom. The first-order valence-electron chi connectivity index (χ1n) is 8.27. The zero-order valence-electron chi connectivity index (χ0n) is 13.4. The molecular weight excluding hydrogens is 264 g/mol. The van der Waals surface area contributed by atoms with Crippen LogP contribution in [0.5, 0.6) is 0 Å². The molecule has 1 unspecified atom stereocenters. The van der Waals surface area contributed by atoms with Gasteiger partial charge in [0.2, 0.25) is 5.91 Å². The normalized spacial score (nSPS) is 21.4. The van der Waals surface area contributed by atoms with Gasteiger partial charge in [-0.15, -0.1) is 5.10 Å². The molecule has 116 valence electrons. The highest BCUT2D eigenvalue weighted by Gasteiger charge is 2.39. The Bertz CT molecular complexity index is 518. The van der Waals surface area contributed by atoms with E-state index in [2.05, 4.69) is 29.1 Å². The van der Waals surface area contributed by atoms with Crippen LogP contribution in [0.1, 0.15) is 63.3 Å². The zero-order valence-corrected chi connectivity index (χ0v) is 13.4. The van der Waals surface area contributed by atoms with Gasteiger partial charge < -0.3 is 4.90 Å². The number of nitrogens with zero attached hydrogens (tertiary/aromatic N) is 4. The van der Waals surface area contributed by atoms with Crippen LogP contribution in [0.4, 0.5) is 0 Å². The minimum Gasteiger partial charge on any atom is -0.339 e. The van der Waals surface area contributed by atoms with Gasteiger partial charge in [-0.2, -0.15) is 0 Å². The largest absolute Gasteiger partial charge is 0.339 e. The van der Waals surface area contributed by atoms with E-state index in [1.165, 1.54) is 12.8 Å². The lowest BCUT2D eigenvalue weighted by Gasteiger charge is -2.30. The summed E-state index contributed by atoms with van der Waals surface area (Å²) in [7, 11) is 1.91. The molecule has 0 aromatic carbocycles. The predicted molar refractivity (Wildman–Crippen MR) is 80.9 cm³/mol. The van der Waals surface area contributed by atoms with Crippen LogP contribution in [-0.4, -0.2) is 38.4 Å². The lowest BCUT2D eigenvalue weighted by atomic mass is 9.88. The standard InChI is InChI=1S/C16H26N4O/c1-11(2)9-10-20(12-7-8-12)16(21)13-5-4-6-14-15(13)19(3)18-17-14/h11-13H,4-10H2,1-3H3. The molecule has 1 aromatic heterocycles. The number of aryl methyl sites for hydroxylation is 2. The highest BCUT2D eigenvalue weighted by molar-refractivity contribution is 5.84. The van der Waals surface area contributed by atoms with Crippen molar-refractivity contribution >= 4 is 5.91 Å². The van der Waals surface area contributed by atoms with E-state index in [0.29, 0.717) is 17.9 Å². The van der Waals surface area contributed by atoms with Crippen LogP contribution in [-0.2, 0) is 18.3 Å². The summed E-state index contributed by atoms with van der Waals surface area (Å²) in [6.07, 6.45) is 6.39. The Balaban J connectivity index is 1.78. The average molecular weight is 290 g/mol. The summed E-state index contributed by atoms with van der Waals surface area (Å²) in [6.45, 7) is 5.34. The molecule has 2 aliphatic carbocycles. The van der Waals surface area contributed by atoms with Gasteiger partial charge in [0, 0.05) is 19.6 Å². The molecule has 1 atom stereocenters. The lowest BCUT2D eigenvalue weighted by molar-refractivity contribution is -0.134. The maximum Gasteiger partial charge on any atom is 0.232 e. The summed E-state index contributed by atoms with van der Waals surface area (Å²) in [4.78, 5) is 15.2. The Morgan fingerprint density at radius 3 is 2.81 bits per heavy atom. The third-order valence-corrected chi connectivity index (χ3v) is 4.70. The van der Waals surface area contributed by atoms with Crippen molar-refractivity contribution < 1.29 is 4.79 Å². The number of rotatable bonds is 5. The molecule has 1 saturated carbocycles. The van der Waals surface area contributed by atoms with Crippen molar-refractivity contribution in [2.75, 3.05) is 6.54 Å². The van der Waals surface area contributed by atoms with Crippen molar-refractivity contribution in [3.05, 3.63) is 11.4 Å². The molecule has 21 heavy (non-hydrogen) atoms. The molecule has 0 spiro atoms. The number of carbonyl (C=O) groups is 1. The van der Waals surface area contributed by atoms with Crippen LogP contribution in [0.2, 0.25) is 0 Å². The molecule has 3 rings (SSSR count). The van der Waals surface area contributed by atoms with Gasteiger partial charge in [-0.1, -0.05) is 19.1 Å². The summed E-state index contributed by atoms with van der Waals surface area (Å²) in [5.74, 6) is 0.922. The summed E-state index contributed by atoms with van der Waals surface area (Å²) in [5.41, 5.74) is 2.09. The molecule has 5 heteroatoms. The van der Waals surface area contributed by atoms with E-state index in [0.717, 1.165) is 43.6 Å². The van der Waals surface area contributed by atoms with Crippen molar-refractivity contribution in [1.82, 2.24) is 19.9 Å². The van der Waals surface area contributed by atoms with E-state index in [4.69, 9.17) is 0 Å². The Morgan fingerprint density at radius 2 is 2.14 bits per heavy atom. The number of fused-ring (bicyclic) bond motifs is 1. The maximum absolute atomic E-state index is 13.1. The second-order valence-electron chi connectivity index (χ2n) is 6.94. The summed E-state index contributed by atoms with van der Waals surface area (Å²) in [5, 5.41) is 8.35. The number of amides is 1. The van der Waals surface area contributed by atoms with Crippen molar-refractivity contribution in [2.45, 2.75) is 64.3 Å². The smallest absolute Gasteiger partial charge is 0.232 e. The third kappa shape index (κ3) is 2.97. The second-order valence-corrected chi connectivity index (χ2v) is 6.94. The average Bonchev–Trinajstić information content (AvgIpc) is 3.22. The maximum atomic E-state index is 13.1. The molecule has 0 bridgehead atoms. The molecule has 0 aliphatic heterocycles. The van der Waals surface area contributed by atoms with E-state index in [1.54, 1.807) is 0 Å². The topological polar surface area (TPSA) is 51.0 Å². The molecule has 1 amide bonds. The van der Waals surface area contributed by atoms with Gasteiger partial charge in [0.15, 0.2) is 0 Å². The number of aromatic nitrogens is 3. The fraction of sp³-hybridized carbons (Fsp3) is 0.812. The van der Waals surface area contributed by atoms with Crippen LogP contribution in [0.25, 0.3) is 0 Å². The van der Waals surface area contributed by atoms with Crippen LogP contribution >= 0.6 is 0 Å². The van der Waals surface area contributed by atoms with Crippen LogP contribution < -0.4 is 0 Å². The van der Waals surface area contributed by atoms with Gasteiger partial charge >= 0.3 is 0 Å². The van der Waals surface area contributed by atoms with Gasteiger partial charge in [0.25, 0.3) is 0 Å². The van der Waals surface area contributed by atoms with E-state index in [-0.39, 0.29) is 5.92 Å². The minimum atomic E-state index is -0.0264. The quantitative estimate of drug-likeness (QED) is 0.836. The Labute approximate surface area is 126 Å². The summed E-state index contributed by atoms with van der Waals surface area (Å²) in [6, 6.07) is 0.489. The molecule has 1 heterocycles. The zero-order chi connectivity index (χ0) is 15.0. The van der Waals surface area contributed by atoms with Gasteiger partial charge in [0.05, 0.1) is 17.3 Å². The van der Waals surface area contributed by atoms with Crippen LogP contribution in [0.3, 0.4) is 0 Å². The first-order valence-corrected chi connectivity index (χ1v) is 8.27. The van der Waals surface area contributed by atoms with Crippen molar-refractivity contribution in [2.24, 2.45) is 13.0 Å². The predicted octanol–water partition coefficient (Wildman–Crippen LogP) is 2.27. The fourth-order valence-electron chi connectivity index (χ4n) is 3.32. The molecule has 0 saturated heterocycles.